The van der Waals surface area contributed by atoms with Crippen LogP contribution in [0.3, 0.4) is 0 Å². The van der Waals surface area contributed by atoms with Gasteiger partial charge in [-0.2, -0.15) is 0 Å². The first-order valence-electron chi connectivity index (χ1n) is 8.85. The predicted molar refractivity (Wildman–Crippen MR) is 108 cm³/mol. The van der Waals surface area contributed by atoms with Crippen LogP contribution < -0.4 is 4.74 Å². The molecular weight excluding hydrogens is 378 g/mol. The minimum absolute atomic E-state index is 0.0645. The number of ketones is 1. The van der Waals surface area contributed by atoms with Crippen LogP contribution in [0.15, 0.2) is 60.8 Å². The van der Waals surface area contributed by atoms with Crippen LogP contribution in [0.5, 0.6) is 5.75 Å². The van der Waals surface area contributed by atoms with Gasteiger partial charge in [-0.05, 0) is 66.9 Å². The van der Waals surface area contributed by atoms with Crippen molar-refractivity contribution in [3.63, 3.8) is 0 Å². The molecule has 3 rings (SSSR count). The van der Waals surface area contributed by atoms with Gasteiger partial charge >= 0.3 is 5.97 Å². The number of benzene rings is 2. The average Bonchev–Trinajstić information content (AvgIpc) is 3.17. The third-order valence-electron chi connectivity index (χ3n) is 4.56. The Labute approximate surface area is 168 Å². The highest BCUT2D eigenvalue weighted by atomic mass is 35.5. The Morgan fingerprint density at radius 2 is 1.86 bits per heavy atom. The van der Waals surface area contributed by atoms with E-state index in [-0.39, 0.29) is 11.3 Å². The fraction of sp³-hybridized carbons (Fsp3) is 0.182. The Bertz CT molecular complexity index is 992. The number of carbonyl (C=O) groups is 2. The van der Waals surface area contributed by atoms with Crippen LogP contribution in [-0.4, -0.2) is 28.5 Å². The van der Waals surface area contributed by atoms with Gasteiger partial charge in [-0.3, -0.25) is 4.79 Å². The van der Waals surface area contributed by atoms with Gasteiger partial charge in [0, 0.05) is 23.3 Å². The summed E-state index contributed by atoms with van der Waals surface area (Å²) in [4.78, 5) is 24.2. The highest BCUT2D eigenvalue weighted by Gasteiger charge is 2.14. The van der Waals surface area contributed by atoms with E-state index in [0.717, 1.165) is 5.56 Å². The zero-order valence-electron chi connectivity index (χ0n) is 15.4. The second-order valence-electron chi connectivity index (χ2n) is 6.35. The topological polar surface area (TPSA) is 68.5 Å². The molecular formula is C22H20ClNO4. The minimum atomic E-state index is -0.992. The number of halogens is 1. The maximum atomic E-state index is 12.8. The lowest BCUT2D eigenvalue weighted by atomic mass is 10.0. The van der Waals surface area contributed by atoms with Crippen molar-refractivity contribution in [3.8, 4) is 5.75 Å². The van der Waals surface area contributed by atoms with Crippen LogP contribution in [0, 0.1) is 0 Å². The SMILES string of the molecule is COc1ccc(C(=O)c2cccn2CCCc2ccc(Cl)cc2C(=O)O)cc1. The molecule has 144 valence electrons. The van der Waals surface area contributed by atoms with Gasteiger partial charge in [-0.1, -0.05) is 17.7 Å². The number of hydrogen-bond acceptors (Lipinski definition) is 3. The molecule has 6 heteroatoms. The van der Waals surface area contributed by atoms with E-state index in [4.69, 9.17) is 16.3 Å². The summed E-state index contributed by atoms with van der Waals surface area (Å²) in [6.45, 7) is 0.603. The van der Waals surface area contributed by atoms with Gasteiger partial charge in [0.15, 0.2) is 0 Å². The van der Waals surface area contributed by atoms with E-state index in [0.29, 0.717) is 41.4 Å². The summed E-state index contributed by atoms with van der Waals surface area (Å²) in [7, 11) is 1.58. The molecule has 28 heavy (non-hydrogen) atoms. The molecule has 0 saturated heterocycles. The van der Waals surface area contributed by atoms with Gasteiger partial charge in [-0.25, -0.2) is 4.79 Å². The zero-order chi connectivity index (χ0) is 20.1. The zero-order valence-corrected chi connectivity index (χ0v) is 16.1. The summed E-state index contributed by atoms with van der Waals surface area (Å²) in [6.07, 6.45) is 3.13. The normalized spacial score (nSPS) is 10.6. The highest BCUT2D eigenvalue weighted by molar-refractivity contribution is 6.31. The number of carboxylic acid groups (broad SMARTS) is 1. The molecule has 1 N–H and O–H groups in total. The van der Waals surface area contributed by atoms with Crippen LogP contribution in [0.25, 0.3) is 0 Å². The Morgan fingerprint density at radius 3 is 2.54 bits per heavy atom. The van der Waals surface area contributed by atoms with Crippen molar-refractivity contribution in [3.05, 3.63) is 88.2 Å². The summed E-state index contributed by atoms with van der Waals surface area (Å²) in [5.41, 5.74) is 2.13. The third kappa shape index (κ3) is 4.43. The van der Waals surface area contributed by atoms with E-state index < -0.39 is 5.97 Å². The Balaban J connectivity index is 1.69. The number of methoxy groups -OCH3 is 1. The van der Waals surface area contributed by atoms with Crippen molar-refractivity contribution < 1.29 is 19.4 Å². The van der Waals surface area contributed by atoms with Crippen molar-refractivity contribution in [2.45, 2.75) is 19.4 Å². The molecule has 0 unspecified atom stereocenters. The predicted octanol–water partition coefficient (Wildman–Crippen LogP) is 4.71. The maximum Gasteiger partial charge on any atom is 0.336 e. The van der Waals surface area contributed by atoms with E-state index in [2.05, 4.69) is 0 Å². The molecule has 0 saturated carbocycles. The first-order valence-corrected chi connectivity index (χ1v) is 9.23. The van der Waals surface area contributed by atoms with Crippen molar-refractivity contribution in [1.29, 1.82) is 0 Å². The summed E-state index contributed by atoms with van der Waals surface area (Å²) >= 11 is 5.90. The molecule has 1 aromatic heterocycles. The second kappa shape index (κ2) is 8.76. The molecule has 0 aliphatic carbocycles. The fourth-order valence-corrected chi connectivity index (χ4v) is 3.28. The number of aromatic carboxylic acids is 1. The van der Waals surface area contributed by atoms with Crippen molar-refractivity contribution in [2.24, 2.45) is 0 Å². The van der Waals surface area contributed by atoms with E-state index in [9.17, 15) is 14.7 Å². The molecule has 0 aliphatic rings. The van der Waals surface area contributed by atoms with Gasteiger partial charge in [0.05, 0.1) is 18.4 Å². The summed E-state index contributed by atoms with van der Waals surface area (Å²) in [5.74, 6) is -0.358. The number of hydrogen-bond donors (Lipinski definition) is 1. The molecule has 0 amide bonds. The third-order valence-corrected chi connectivity index (χ3v) is 4.80. The van der Waals surface area contributed by atoms with Gasteiger partial charge in [-0.15, -0.1) is 0 Å². The number of carbonyl (C=O) groups excluding carboxylic acids is 1. The molecule has 0 fully saturated rings. The Hall–Kier alpha value is -3.05. The number of aromatic nitrogens is 1. The Kier molecular flexibility index (Phi) is 6.16. The van der Waals surface area contributed by atoms with Crippen molar-refractivity contribution in [2.75, 3.05) is 7.11 Å². The van der Waals surface area contributed by atoms with E-state index in [1.54, 1.807) is 49.6 Å². The minimum Gasteiger partial charge on any atom is -0.497 e. The van der Waals surface area contributed by atoms with Crippen molar-refractivity contribution in [1.82, 2.24) is 4.57 Å². The second-order valence-corrected chi connectivity index (χ2v) is 6.79. The van der Waals surface area contributed by atoms with Crippen LogP contribution in [0.1, 0.15) is 38.4 Å². The molecule has 0 aliphatic heterocycles. The van der Waals surface area contributed by atoms with Gasteiger partial charge in [0.25, 0.3) is 0 Å². The molecule has 0 radical (unpaired) electrons. The average molecular weight is 398 g/mol. The first-order chi connectivity index (χ1) is 13.5. The van der Waals surface area contributed by atoms with Gasteiger partial charge in [0.1, 0.15) is 5.75 Å². The summed E-state index contributed by atoms with van der Waals surface area (Å²) < 4.78 is 7.02. The van der Waals surface area contributed by atoms with E-state index in [1.165, 1.54) is 6.07 Å². The van der Waals surface area contributed by atoms with Crippen LogP contribution in [0.4, 0.5) is 0 Å². The molecule has 5 nitrogen and oxygen atoms in total. The quantitative estimate of drug-likeness (QED) is 0.559. The number of aryl methyl sites for hydroxylation is 2. The molecule has 3 aromatic rings. The highest BCUT2D eigenvalue weighted by Crippen LogP contribution is 2.19. The lowest BCUT2D eigenvalue weighted by Gasteiger charge is -2.10. The van der Waals surface area contributed by atoms with Gasteiger partial charge in [0.2, 0.25) is 5.78 Å². The summed E-state index contributed by atoms with van der Waals surface area (Å²) in [6, 6.07) is 15.5. The molecule has 2 aromatic carbocycles. The summed E-state index contributed by atoms with van der Waals surface area (Å²) in [5, 5.41) is 9.74. The maximum absolute atomic E-state index is 12.8. The molecule has 0 spiro atoms. The van der Waals surface area contributed by atoms with Crippen LogP contribution >= 0.6 is 11.6 Å². The number of carboxylic acids is 1. The number of ether oxygens (including phenoxy) is 1. The van der Waals surface area contributed by atoms with E-state index in [1.807, 2.05) is 16.8 Å². The standard InChI is InChI=1S/C22H20ClNO4/c1-28-18-10-7-16(8-11-18)21(25)20-5-3-13-24(20)12-2-4-15-6-9-17(23)14-19(15)22(26)27/h3,5-11,13-14H,2,4,12H2,1H3,(H,26,27). The molecule has 0 bridgehead atoms. The van der Waals surface area contributed by atoms with Gasteiger partial charge < -0.3 is 14.4 Å². The molecule has 0 atom stereocenters. The fourth-order valence-electron chi connectivity index (χ4n) is 3.11. The smallest absolute Gasteiger partial charge is 0.336 e. The lowest BCUT2D eigenvalue weighted by Crippen LogP contribution is -2.11. The van der Waals surface area contributed by atoms with Crippen LogP contribution in [-0.2, 0) is 13.0 Å². The largest absolute Gasteiger partial charge is 0.497 e. The van der Waals surface area contributed by atoms with E-state index >= 15 is 0 Å². The van der Waals surface area contributed by atoms with Crippen molar-refractivity contribution >= 4 is 23.4 Å². The number of nitrogens with zero attached hydrogens (tertiary/aromatic N) is 1. The first kappa shape index (κ1) is 19.7. The van der Waals surface area contributed by atoms with Crippen LogP contribution in [0.2, 0.25) is 5.02 Å². The molecule has 1 heterocycles. The lowest BCUT2D eigenvalue weighted by molar-refractivity contribution is 0.0695. The number of rotatable bonds is 8. The Morgan fingerprint density at radius 1 is 1.11 bits per heavy atom. The monoisotopic (exact) mass is 397 g/mol.